The Labute approximate surface area is 192 Å². The summed E-state index contributed by atoms with van der Waals surface area (Å²) in [5, 5.41) is 14.6. The first-order valence-electron chi connectivity index (χ1n) is 10.9. The zero-order valence-corrected chi connectivity index (χ0v) is 19.4. The highest BCUT2D eigenvalue weighted by atomic mass is 35.5. The van der Waals surface area contributed by atoms with Crippen LogP contribution in [0.5, 0.6) is 0 Å². The Bertz CT molecular complexity index is 859. The third-order valence-corrected chi connectivity index (χ3v) is 5.93. The summed E-state index contributed by atoms with van der Waals surface area (Å²) >= 11 is 5.89. The quantitative estimate of drug-likeness (QED) is 0.407. The molecule has 0 aromatic carbocycles. The van der Waals surface area contributed by atoms with Crippen LogP contribution < -0.4 is 5.32 Å². The second kappa shape index (κ2) is 9.89. The van der Waals surface area contributed by atoms with Crippen LogP contribution in [0.4, 0.5) is 16.2 Å². The fraction of sp³-hybridized carbons (Fsp3) is 0.667. The molecule has 0 spiro atoms. The zero-order valence-electron chi connectivity index (χ0n) is 18.7. The van der Waals surface area contributed by atoms with Gasteiger partial charge in [-0.05, 0) is 46.5 Å². The average Bonchev–Trinajstić information content (AvgIpc) is 2.72. The number of hydrogen-bond acceptors (Lipinski definition) is 7. The van der Waals surface area contributed by atoms with Gasteiger partial charge in [-0.1, -0.05) is 11.6 Å². The second-order valence-corrected chi connectivity index (χ2v) is 9.65. The summed E-state index contributed by atoms with van der Waals surface area (Å²) in [6.07, 6.45) is 3.67. The Morgan fingerprint density at radius 3 is 2.31 bits per heavy atom. The van der Waals surface area contributed by atoms with Gasteiger partial charge in [0, 0.05) is 44.2 Å². The minimum atomic E-state index is -0.543. The van der Waals surface area contributed by atoms with Gasteiger partial charge in [-0.15, -0.1) is 0 Å². The van der Waals surface area contributed by atoms with Crippen LogP contribution in [0.15, 0.2) is 12.3 Å². The Hall–Kier alpha value is -2.62. The van der Waals surface area contributed by atoms with Crippen LogP contribution in [0.2, 0.25) is 5.15 Å². The number of nitro groups is 1. The number of amides is 2. The van der Waals surface area contributed by atoms with Crippen LogP contribution in [0, 0.1) is 16.0 Å². The highest BCUT2D eigenvalue weighted by molar-refractivity contribution is 6.29. The number of halogens is 1. The zero-order chi connectivity index (χ0) is 23.5. The fourth-order valence-corrected chi connectivity index (χ4v) is 4.24. The molecular weight excluding hydrogens is 438 g/mol. The van der Waals surface area contributed by atoms with E-state index in [2.05, 4.69) is 10.3 Å². The molecule has 3 rings (SSSR count). The van der Waals surface area contributed by atoms with Crippen molar-refractivity contribution in [1.82, 2.24) is 14.8 Å². The predicted octanol–water partition coefficient (Wildman–Crippen LogP) is 3.69. The van der Waals surface area contributed by atoms with E-state index in [9.17, 15) is 19.7 Å². The van der Waals surface area contributed by atoms with Crippen LogP contribution in [-0.4, -0.2) is 69.5 Å². The van der Waals surface area contributed by atoms with E-state index >= 15 is 0 Å². The lowest BCUT2D eigenvalue weighted by Gasteiger charge is -2.38. The van der Waals surface area contributed by atoms with Crippen LogP contribution in [-0.2, 0) is 9.53 Å². The highest BCUT2D eigenvalue weighted by Gasteiger charge is 2.33. The van der Waals surface area contributed by atoms with Gasteiger partial charge in [0.1, 0.15) is 22.6 Å². The average molecular weight is 468 g/mol. The molecule has 2 fully saturated rings. The summed E-state index contributed by atoms with van der Waals surface area (Å²) in [5.74, 6) is 0.0439. The van der Waals surface area contributed by atoms with Crippen molar-refractivity contribution in [3.05, 3.63) is 27.5 Å². The number of nitrogens with zero attached hydrogens (tertiary/aromatic N) is 4. The van der Waals surface area contributed by atoms with Gasteiger partial charge in [0.05, 0.1) is 4.92 Å². The lowest BCUT2D eigenvalue weighted by Crippen LogP contribution is -2.53. The van der Waals surface area contributed by atoms with Crippen molar-refractivity contribution in [3.8, 4) is 0 Å². The molecule has 1 saturated carbocycles. The van der Waals surface area contributed by atoms with Gasteiger partial charge in [-0.3, -0.25) is 14.9 Å². The monoisotopic (exact) mass is 467 g/mol. The third kappa shape index (κ3) is 6.21. The van der Waals surface area contributed by atoms with E-state index in [0.717, 1.165) is 19.0 Å². The molecule has 176 valence electrons. The van der Waals surface area contributed by atoms with E-state index in [4.69, 9.17) is 16.3 Å². The molecule has 0 unspecified atom stereocenters. The molecule has 1 aliphatic carbocycles. The molecule has 2 amide bonds. The molecule has 0 radical (unpaired) electrons. The van der Waals surface area contributed by atoms with Gasteiger partial charge >= 0.3 is 11.8 Å². The molecule has 11 heteroatoms. The summed E-state index contributed by atoms with van der Waals surface area (Å²) in [7, 11) is 0. The lowest BCUT2D eigenvalue weighted by molar-refractivity contribution is -0.384. The maximum absolute atomic E-state index is 13.0. The summed E-state index contributed by atoms with van der Waals surface area (Å²) in [4.78, 5) is 43.2. The molecule has 1 N–H and O–H groups in total. The van der Waals surface area contributed by atoms with Crippen LogP contribution in [0.3, 0.4) is 0 Å². The van der Waals surface area contributed by atoms with Crippen molar-refractivity contribution in [3.63, 3.8) is 0 Å². The number of anilines is 1. The van der Waals surface area contributed by atoms with Gasteiger partial charge in [0.15, 0.2) is 0 Å². The number of piperazine rings is 1. The summed E-state index contributed by atoms with van der Waals surface area (Å²) in [6, 6.07) is 1.49. The number of rotatable bonds is 4. The smallest absolute Gasteiger partial charge is 0.410 e. The molecule has 1 aliphatic heterocycles. The Morgan fingerprint density at radius 1 is 1.16 bits per heavy atom. The summed E-state index contributed by atoms with van der Waals surface area (Å²) in [5.41, 5.74) is -0.308. The topological polar surface area (TPSA) is 118 Å². The number of hydrogen-bond donors (Lipinski definition) is 1. The molecule has 1 saturated heterocycles. The normalized spacial score (nSPS) is 21.8. The first-order chi connectivity index (χ1) is 15.0. The van der Waals surface area contributed by atoms with E-state index in [1.165, 1.54) is 6.07 Å². The van der Waals surface area contributed by atoms with E-state index in [1.54, 1.807) is 4.90 Å². The van der Waals surface area contributed by atoms with Gasteiger partial charge in [0.25, 0.3) is 0 Å². The minimum absolute atomic E-state index is 0.0280. The number of ether oxygens (including phenoxy) is 1. The first-order valence-corrected chi connectivity index (χ1v) is 11.2. The molecule has 10 nitrogen and oxygen atoms in total. The maximum atomic E-state index is 13.0. The largest absolute Gasteiger partial charge is 0.444 e. The van der Waals surface area contributed by atoms with E-state index in [0.29, 0.717) is 44.7 Å². The molecule has 2 heterocycles. The van der Waals surface area contributed by atoms with Gasteiger partial charge in [0.2, 0.25) is 5.91 Å². The number of aromatic nitrogens is 1. The van der Waals surface area contributed by atoms with Crippen LogP contribution >= 0.6 is 11.6 Å². The lowest BCUT2D eigenvalue weighted by atomic mass is 9.85. The molecule has 2 aliphatic rings. The number of nitrogens with one attached hydrogen (secondary N) is 1. The van der Waals surface area contributed by atoms with Crippen molar-refractivity contribution >= 4 is 35.0 Å². The van der Waals surface area contributed by atoms with Gasteiger partial charge < -0.3 is 19.9 Å². The van der Waals surface area contributed by atoms with Crippen molar-refractivity contribution in [1.29, 1.82) is 0 Å². The van der Waals surface area contributed by atoms with E-state index in [-0.39, 0.29) is 34.8 Å². The van der Waals surface area contributed by atoms with Gasteiger partial charge in [-0.25, -0.2) is 9.78 Å². The van der Waals surface area contributed by atoms with Crippen molar-refractivity contribution in [2.24, 2.45) is 5.92 Å². The number of pyridine rings is 1. The maximum Gasteiger partial charge on any atom is 0.410 e. The van der Waals surface area contributed by atoms with Crippen LogP contribution in [0.1, 0.15) is 46.5 Å². The first kappa shape index (κ1) is 24.0. The number of carbonyl (C=O) groups excluding carboxylic acids is 2. The predicted molar refractivity (Wildman–Crippen MR) is 120 cm³/mol. The van der Waals surface area contributed by atoms with Crippen molar-refractivity contribution < 1.29 is 19.2 Å². The Kier molecular flexibility index (Phi) is 7.43. The summed E-state index contributed by atoms with van der Waals surface area (Å²) < 4.78 is 5.40. The second-order valence-electron chi connectivity index (χ2n) is 9.27. The number of carbonyl (C=O) groups is 2. The molecule has 1 aromatic rings. The van der Waals surface area contributed by atoms with E-state index < -0.39 is 10.5 Å². The molecule has 1 aromatic heterocycles. The van der Waals surface area contributed by atoms with Crippen LogP contribution in [0.25, 0.3) is 0 Å². The molecular formula is C21H30ClN5O5. The minimum Gasteiger partial charge on any atom is -0.444 e. The van der Waals surface area contributed by atoms with Gasteiger partial charge in [-0.2, -0.15) is 0 Å². The van der Waals surface area contributed by atoms with Crippen molar-refractivity contribution in [2.75, 3.05) is 31.5 Å². The Balaban J connectivity index is 1.48. The van der Waals surface area contributed by atoms with Crippen molar-refractivity contribution in [2.45, 2.75) is 58.1 Å². The third-order valence-electron chi connectivity index (χ3n) is 5.73. The Morgan fingerprint density at radius 2 is 1.75 bits per heavy atom. The summed E-state index contributed by atoms with van der Waals surface area (Å²) in [6.45, 7) is 7.41. The molecule has 0 bridgehead atoms. The standard InChI is InChI=1S/C21H30ClN5O5/c1-21(2,3)32-20(29)26-10-8-25(9-11-26)19(28)14-4-6-15(7-5-14)24-16-12-18(22)23-13-17(16)27(30)31/h12-15H,4-11H2,1-3H3,(H,23,24)/t14-,15+. The fourth-order valence-electron chi connectivity index (χ4n) is 4.08. The SMILES string of the molecule is CC(C)(C)OC(=O)N1CCN(C(=O)[C@H]2CC[C@@H](Nc3cc(Cl)ncc3[N+](=O)[O-])CC2)CC1. The highest BCUT2D eigenvalue weighted by Crippen LogP contribution is 2.32. The molecule has 0 atom stereocenters. The van der Waals surface area contributed by atoms with E-state index in [1.807, 2.05) is 25.7 Å². The molecule has 32 heavy (non-hydrogen) atoms.